The van der Waals surface area contributed by atoms with E-state index in [0.29, 0.717) is 5.56 Å². The molecule has 0 radical (unpaired) electrons. The molecule has 0 atom stereocenters. The highest BCUT2D eigenvalue weighted by molar-refractivity contribution is 7.03. The third-order valence-electron chi connectivity index (χ3n) is 0.688. The van der Waals surface area contributed by atoms with Crippen molar-refractivity contribution in [3.05, 3.63) is 16.9 Å². The molecule has 0 bridgehead atoms. The highest BCUT2D eigenvalue weighted by Gasteiger charge is 1.94. The molecule has 0 amide bonds. The summed E-state index contributed by atoms with van der Waals surface area (Å²) in [5, 5.41) is 1.68. The van der Waals surface area contributed by atoms with Crippen molar-refractivity contribution < 1.29 is 4.39 Å². The minimum Gasteiger partial charge on any atom is -0.184 e. The molecule has 0 spiro atoms. The molecule has 0 saturated carbocycles. The fraction of sp³-hybridized carbons (Fsp3) is 0.500. The van der Waals surface area contributed by atoms with Crippen LogP contribution in [0.15, 0.2) is 5.38 Å². The molecule has 1 aromatic heterocycles. The molecule has 0 saturated heterocycles. The van der Waals surface area contributed by atoms with Gasteiger partial charge in [-0.05, 0) is 18.5 Å². The summed E-state index contributed by atoms with van der Waals surface area (Å²) in [4.78, 5) is 0. The summed E-state index contributed by atoms with van der Waals surface area (Å²) < 4.78 is 15.4. The van der Waals surface area contributed by atoms with Crippen LogP contribution in [0.1, 0.15) is 19.4 Å². The molecule has 0 N–H and O–H groups in total. The number of aryl methyl sites for hydroxylation is 1. The van der Waals surface area contributed by atoms with Gasteiger partial charge in [-0.2, -0.15) is 8.76 Å². The topological polar surface area (TPSA) is 12.9 Å². The molecule has 52 valence electrons. The van der Waals surface area contributed by atoms with Crippen molar-refractivity contribution >= 4 is 11.5 Å². The van der Waals surface area contributed by atoms with E-state index < -0.39 is 0 Å². The lowest BCUT2D eigenvalue weighted by molar-refractivity contribution is 0.589. The molecular weight excluding hydrogens is 137 g/mol. The van der Waals surface area contributed by atoms with Crippen LogP contribution < -0.4 is 0 Å². The number of hydrogen-bond donors (Lipinski definition) is 0. The van der Waals surface area contributed by atoms with Gasteiger partial charge in [0.15, 0.2) is 0 Å². The maximum atomic E-state index is 12.0. The first-order chi connectivity index (χ1) is 4.30. The highest BCUT2D eigenvalue weighted by Crippen LogP contribution is 2.04. The summed E-state index contributed by atoms with van der Waals surface area (Å²) >= 11 is 1.14. The third kappa shape index (κ3) is 2.56. The van der Waals surface area contributed by atoms with Crippen molar-refractivity contribution in [1.29, 1.82) is 0 Å². The van der Waals surface area contributed by atoms with Gasteiger partial charge in [-0.25, -0.2) is 0 Å². The number of rotatable bonds is 0. The molecule has 0 aliphatic rings. The molecule has 1 aromatic rings. The first-order valence-corrected chi connectivity index (χ1v) is 3.71. The smallest absolute Gasteiger partial charge is 0.184 e. The molecule has 0 fully saturated rings. The van der Waals surface area contributed by atoms with Gasteiger partial charge in [-0.1, -0.05) is 13.8 Å². The molecule has 1 heterocycles. The van der Waals surface area contributed by atoms with Crippen molar-refractivity contribution in [2.45, 2.75) is 20.8 Å². The van der Waals surface area contributed by atoms with Crippen molar-refractivity contribution in [2.75, 3.05) is 0 Å². The Labute approximate surface area is 58.7 Å². The number of aromatic nitrogens is 1. The summed E-state index contributed by atoms with van der Waals surface area (Å²) in [7, 11) is 0. The van der Waals surface area contributed by atoms with E-state index in [1.807, 2.05) is 13.8 Å². The third-order valence-corrected chi connectivity index (χ3v) is 1.41. The predicted octanol–water partition coefficient (Wildman–Crippen LogP) is 2.62. The van der Waals surface area contributed by atoms with Crippen molar-refractivity contribution in [2.24, 2.45) is 0 Å². The lowest BCUT2D eigenvalue weighted by Crippen LogP contribution is -1.70. The summed E-state index contributed by atoms with van der Waals surface area (Å²) in [5.41, 5.74) is 0.630. The van der Waals surface area contributed by atoms with Crippen LogP contribution in [0.3, 0.4) is 0 Å². The van der Waals surface area contributed by atoms with Crippen LogP contribution in [0.25, 0.3) is 0 Å². The Morgan fingerprint density at radius 1 is 1.56 bits per heavy atom. The SMILES string of the molecule is CC.Cc1csnc1F. The second kappa shape index (κ2) is 4.44. The standard InChI is InChI=1S/C4H4FNS.C2H6/c1-3-2-7-6-4(3)5;1-2/h2H,1H3;1-2H3. The summed E-state index contributed by atoms with van der Waals surface area (Å²) in [6.07, 6.45) is 0. The van der Waals surface area contributed by atoms with E-state index >= 15 is 0 Å². The Hall–Kier alpha value is -0.440. The van der Waals surface area contributed by atoms with Crippen molar-refractivity contribution in [3.63, 3.8) is 0 Å². The molecule has 0 aromatic carbocycles. The van der Waals surface area contributed by atoms with E-state index in [9.17, 15) is 4.39 Å². The van der Waals surface area contributed by atoms with Gasteiger partial charge in [-0.15, -0.1) is 0 Å². The van der Waals surface area contributed by atoms with Crippen LogP contribution in [0.2, 0.25) is 0 Å². The van der Waals surface area contributed by atoms with Crippen LogP contribution in [-0.2, 0) is 0 Å². The Morgan fingerprint density at radius 3 is 2.22 bits per heavy atom. The zero-order valence-corrected chi connectivity index (χ0v) is 6.63. The minimum absolute atomic E-state index is 0.343. The average Bonchev–Trinajstić information content (AvgIpc) is 2.23. The van der Waals surface area contributed by atoms with Crippen LogP contribution in [0.4, 0.5) is 4.39 Å². The van der Waals surface area contributed by atoms with Crippen molar-refractivity contribution in [1.82, 2.24) is 4.37 Å². The molecule has 3 heteroatoms. The van der Waals surface area contributed by atoms with E-state index in [2.05, 4.69) is 4.37 Å². The Bertz CT molecular complexity index is 145. The van der Waals surface area contributed by atoms with Crippen LogP contribution in [0.5, 0.6) is 0 Å². The molecule has 1 nitrogen and oxygen atoms in total. The minimum atomic E-state index is -0.343. The molecule has 0 aliphatic carbocycles. The fourth-order valence-corrected chi connectivity index (χ4v) is 0.817. The van der Waals surface area contributed by atoms with Gasteiger partial charge in [0, 0.05) is 10.9 Å². The largest absolute Gasteiger partial charge is 0.227 e. The number of nitrogens with zero attached hydrogens (tertiary/aromatic N) is 1. The van der Waals surface area contributed by atoms with Gasteiger partial charge in [0.25, 0.3) is 0 Å². The summed E-state index contributed by atoms with van der Waals surface area (Å²) in [6, 6.07) is 0. The molecule has 0 aliphatic heterocycles. The molecular formula is C6H10FNS. The fourth-order valence-electron chi connectivity index (χ4n) is 0.272. The summed E-state index contributed by atoms with van der Waals surface area (Å²) in [5.74, 6) is -0.343. The first kappa shape index (κ1) is 8.56. The predicted molar refractivity (Wildman–Crippen MR) is 38.2 cm³/mol. The lowest BCUT2D eigenvalue weighted by atomic mass is 10.4. The van der Waals surface area contributed by atoms with Gasteiger partial charge >= 0.3 is 0 Å². The second-order valence-electron chi connectivity index (χ2n) is 1.29. The second-order valence-corrected chi connectivity index (χ2v) is 1.92. The van der Waals surface area contributed by atoms with Crippen molar-refractivity contribution in [3.8, 4) is 0 Å². The van der Waals surface area contributed by atoms with E-state index in [1.165, 1.54) is 0 Å². The van der Waals surface area contributed by atoms with E-state index in [1.54, 1.807) is 12.3 Å². The van der Waals surface area contributed by atoms with Gasteiger partial charge in [0.1, 0.15) is 0 Å². The first-order valence-electron chi connectivity index (χ1n) is 2.87. The van der Waals surface area contributed by atoms with Gasteiger partial charge in [-0.3, -0.25) is 0 Å². The van der Waals surface area contributed by atoms with Gasteiger partial charge in [0.2, 0.25) is 5.95 Å². The van der Waals surface area contributed by atoms with E-state index in [4.69, 9.17) is 0 Å². The van der Waals surface area contributed by atoms with Gasteiger partial charge < -0.3 is 0 Å². The summed E-state index contributed by atoms with van der Waals surface area (Å²) in [6.45, 7) is 5.69. The van der Waals surface area contributed by atoms with Crippen LogP contribution in [-0.4, -0.2) is 4.37 Å². The Balaban J connectivity index is 0.000000291. The maximum absolute atomic E-state index is 12.0. The number of halogens is 1. The van der Waals surface area contributed by atoms with Crippen LogP contribution >= 0.6 is 11.5 Å². The zero-order valence-electron chi connectivity index (χ0n) is 5.81. The van der Waals surface area contributed by atoms with Gasteiger partial charge in [0.05, 0.1) is 0 Å². The Kier molecular flexibility index (Phi) is 4.22. The highest BCUT2D eigenvalue weighted by atomic mass is 32.1. The average molecular weight is 147 g/mol. The molecule has 1 rings (SSSR count). The quantitative estimate of drug-likeness (QED) is 0.549. The van der Waals surface area contributed by atoms with Crippen LogP contribution in [0, 0.1) is 12.9 Å². The van der Waals surface area contributed by atoms with E-state index in [-0.39, 0.29) is 5.95 Å². The lowest BCUT2D eigenvalue weighted by Gasteiger charge is -1.72. The maximum Gasteiger partial charge on any atom is 0.227 e. The Morgan fingerprint density at radius 2 is 2.11 bits per heavy atom. The normalized spacial score (nSPS) is 8.00. The number of hydrogen-bond acceptors (Lipinski definition) is 2. The zero-order chi connectivity index (χ0) is 7.28. The van der Waals surface area contributed by atoms with E-state index in [0.717, 1.165) is 11.5 Å². The molecule has 0 unspecified atom stereocenters. The molecule has 9 heavy (non-hydrogen) atoms. The monoisotopic (exact) mass is 147 g/mol.